The molecule has 4 unspecified atom stereocenters. The second-order valence-corrected chi connectivity index (χ2v) is 4.62. The van der Waals surface area contributed by atoms with Gasteiger partial charge in [0, 0.05) is 20.8 Å². The first-order valence-electron chi connectivity index (χ1n) is 6.71. The van der Waals surface area contributed by atoms with Crippen LogP contribution in [-0.4, -0.2) is 55.7 Å². The summed E-state index contributed by atoms with van der Waals surface area (Å²) >= 11 is 0. The normalized spacial score (nSPS) is 27.6. The quantitative estimate of drug-likeness (QED) is 0.393. The molecule has 124 valence electrons. The predicted octanol–water partition coefficient (Wildman–Crippen LogP) is 0.340. The first kappa shape index (κ1) is 18.1. The lowest BCUT2D eigenvalue weighted by Gasteiger charge is -2.39. The highest BCUT2D eigenvalue weighted by Crippen LogP contribution is 2.25. The van der Waals surface area contributed by atoms with Gasteiger partial charge in [-0.15, -0.1) is 6.58 Å². The fraction of sp³-hybridized carbons (Fsp3) is 0.643. The van der Waals surface area contributed by atoms with Gasteiger partial charge < -0.3 is 23.7 Å². The summed E-state index contributed by atoms with van der Waals surface area (Å²) in [6.07, 6.45) is -2.44. The smallest absolute Gasteiger partial charge is 0.303 e. The average Bonchev–Trinajstić information content (AvgIpc) is 2.40. The molecular formula is C14H20O8. The standard InChI is InChI=1S/C14H20O8/c1-5-6-18-14-13(22-10(4)17)12(21-9(3)16)11(7-19-14)20-8(2)15/h5,11-14H,1,6-7H2,2-4H3. The van der Waals surface area contributed by atoms with Crippen molar-refractivity contribution in [3.8, 4) is 0 Å². The summed E-state index contributed by atoms with van der Waals surface area (Å²) in [5.74, 6) is -1.79. The molecule has 0 aromatic carbocycles. The SMILES string of the molecule is C=CCOC1OCC(OC(C)=O)C(OC(C)=O)C1OC(C)=O. The highest BCUT2D eigenvalue weighted by atomic mass is 16.7. The van der Waals surface area contributed by atoms with Gasteiger partial charge in [0.25, 0.3) is 0 Å². The van der Waals surface area contributed by atoms with E-state index in [1.807, 2.05) is 0 Å². The van der Waals surface area contributed by atoms with Gasteiger partial charge in [-0.05, 0) is 0 Å². The van der Waals surface area contributed by atoms with Crippen molar-refractivity contribution in [2.75, 3.05) is 13.2 Å². The van der Waals surface area contributed by atoms with Crippen molar-refractivity contribution in [1.29, 1.82) is 0 Å². The van der Waals surface area contributed by atoms with Crippen molar-refractivity contribution in [3.63, 3.8) is 0 Å². The fourth-order valence-electron chi connectivity index (χ4n) is 2.01. The van der Waals surface area contributed by atoms with E-state index >= 15 is 0 Å². The molecule has 8 nitrogen and oxygen atoms in total. The summed E-state index contributed by atoms with van der Waals surface area (Å²) in [6, 6.07) is 0. The third kappa shape index (κ3) is 5.45. The van der Waals surface area contributed by atoms with Crippen molar-refractivity contribution in [2.24, 2.45) is 0 Å². The van der Waals surface area contributed by atoms with E-state index in [2.05, 4.69) is 6.58 Å². The number of rotatable bonds is 6. The minimum atomic E-state index is -1.06. The van der Waals surface area contributed by atoms with E-state index in [-0.39, 0.29) is 13.2 Å². The van der Waals surface area contributed by atoms with Crippen LogP contribution in [0.1, 0.15) is 20.8 Å². The number of carbonyl (C=O) groups is 3. The molecule has 1 heterocycles. The molecule has 0 amide bonds. The van der Waals surface area contributed by atoms with Gasteiger partial charge in [-0.1, -0.05) is 6.08 Å². The van der Waals surface area contributed by atoms with Gasteiger partial charge in [-0.3, -0.25) is 14.4 Å². The molecule has 0 aromatic heterocycles. The zero-order valence-corrected chi connectivity index (χ0v) is 12.8. The molecule has 8 heteroatoms. The van der Waals surface area contributed by atoms with Crippen LogP contribution in [0.25, 0.3) is 0 Å². The summed E-state index contributed by atoms with van der Waals surface area (Å²) < 4.78 is 26.1. The minimum absolute atomic E-state index is 0.0584. The lowest BCUT2D eigenvalue weighted by Crippen LogP contribution is -2.58. The Kier molecular flexibility index (Phi) is 7.00. The molecule has 0 radical (unpaired) electrons. The first-order valence-corrected chi connectivity index (χ1v) is 6.71. The van der Waals surface area contributed by atoms with E-state index in [0.717, 1.165) is 0 Å². The molecule has 22 heavy (non-hydrogen) atoms. The molecule has 0 bridgehead atoms. The third-order valence-electron chi connectivity index (χ3n) is 2.68. The molecule has 1 saturated heterocycles. The number of esters is 3. The zero-order valence-electron chi connectivity index (χ0n) is 12.8. The van der Waals surface area contributed by atoms with Crippen molar-refractivity contribution in [1.82, 2.24) is 0 Å². The molecule has 1 aliphatic heterocycles. The third-order valence-corrected chi connectivity index (χ3v) is 2.68. The lowest BCUT2D eigenvalue weighted by molar-refractivity contribution is -0.278. The first-order chi connectivity index (χ1) is 10.3. The number of hydrogen-bond acceptors (Lipinski definition) is 8. The van der Waals surface area contributed by atoms with Crippen LogP contribution in [0.3, 0.4) is 0 Å². The lowest BCUT2D eigenvalue weighted by atomic mass is 10.0. The maximum absolute atomic E-state index is 11.3. The van der Waals surface area contributed by atoms with Gasteiger partial charge in [0.2, 0.25) is 0 Å². The van der Waals surface area contributed by atoms with Crippen LogP contribution in [0.5, 0.6) is 0 Å². The van der Waals surface area contributed by atoms with E-state index < -0.39 is 42.5 Å². The molecule has 0 aromatic rings. The Balaban J connectivity index is 2.97. The maximum Gasteiger partial charge on any atom is 0.303 e. The molecule has 1 fully saturated rings. The zero-order chi connectivity index (χ0) is 16.7. The molecule has 1 aliphatic rings. The van der Waals surface area contributed by atoms with Crippen LogP contribution in [0.15, 0.2) is 12.7 Å². The number of hydrogen-bond donors (Lipinski definition) is 0. The van der Waals surface area contributed by atoms with Crippen LogP contribution in [0.4, 0.5) is 0 Å². The van der Waals surface area contributed by atoms with Crippen molar-refractivity contribution >= 4 is 17.9 Å². The molecular weight excluding hydrogens is 296 g/mol. The summed E-state index contributed by atoms with van der Waals surface area (Å²) in [6.45, 7) is 7.21. The summed E-state index contributed by atoms with van der Waals surface area (Å²) in [5, 5.41) is 0. The number of ether oxygens (including phenoxy) is 5. The van der Waals surface area contributed by atoms with Gasteiger partial charge in [-0.25, -0.2) is 0 Å². The van der Waals surface area contributed by atoms with Gasteiger partial charge in [0.15, 0.2) is 24.6 Å². The van der Waals surface area contributed by atoms with Crippen LogP contribution < -0.4 is 0 Å². The van der Waals surface area contributed by atoms with E-state index in [1.165, 1.54) is 26.8 Å². The van der Waals surface area contributed by atoms with Crippen LogP contribution >= 0.6 is 0 Å². The van der Waals surface area contributed by atoms with E-state index in [1.54, 1.807) is 0 Å². The maximum atomic E-state index is 11.3. The molecule has 0 spiro atoms. The van der Waals surface area contributed by atoms with Gasteiger partial charge in [-0.2, -0.15) is 0 Å². The number of carbonyl (C=O) groups excluding carboxylic acids is 3. The molecule has 4 atom stereocenters. The van der Waals surface area contributed by atoms with Crippen LogP contribution in [-0.2, 0) is 38.1 Å². The summed E-state index contributed by atoms with van der Waals surface area (Å²) in [7, 11) is 0. The second-order valence-electron chi connectivity index (χ2n) is 4.62. The van der Waals surface area contributed by atoms with Crippen molar-refractivity contribution < 1.29 is 38.1 Å². The minimum Gasteiger partial charge on any atom is -0.456 e. The Morgan fingerprint density at radius 1 is 1.05 bits per heavy atom. The Hall–Kier alpha value is -1.93. The monoisotopic (exact) mass is 316 g/mol. The molecule has 0 saturated carbocycles. The summed E-state index contributed by atoms with van der Waals surface area (Å²) in [4.78, 5) is 33.7. The average molecular weight is 316 g/mol. The van der Waals surface area contributed by atoms with E-state index in [4.69, 9.17) is 23.7 Å². The molecule has 0 aliphatic carbocycles. The fourth-order valence-corrected chi connectivity index (χ4v) is 2.01. The molecule has 1 rings (SSSR count). The van der Waals surface area contributed by atoms with Crippen LogP contribution in [0, 0.1) is 0 Å². The van der Waals surface area contributed by atoms with Crippen molar-refractivity contribution in [2.45, 2.75) is 45.4 Å². The largest absolute Gasteiger partial charge is 0.456 e. The highest BCUT2D eigenvalue weighted by molar-refractivity contribution is 5.68. The van der Waals surface area contributed by atoms with Gasteiger partial charge in [0.1, 0.15) is 0 Å². The van der Waals surface area contributed by atoms with Crippen molar-refractivity contribution in [3.05, 3.63) is 12.7 Å². The Morgan fingerprint density at radius 3 is 2.09 bits per heavy atom. The summed E-state index contributed by atoms with van der Waals surface area (Å²) in [5.41, 5.74) is 0. The van der Waals surface area contributed by atoms with Gasteiger partial charge >= 0.3 is 17.9 Å². The van der Waals surface area contributed by atoms with Crippen LogP contribution in [0.2, 0.25) is 0 Å². The Labute approximate surface area is 128 Å². The predicted molar refractivity (Wildman–Crippen MR) is 72.6 cm³/mol. The van der Waals surface area contributed by atoms with E-state index in [9.17, 15) is 14.4 Å². The topological polar surface area (TPSA) is 97.4 Å². The Bertz CT molecular complexity index is 433. The Morgan fingerprint density at radius 2 is 1.59 bits per heavy atom. The second kappa shape index (κ2) is 8.50. The van der Waals surface area contributed by atoms with Gasteiger partial charge in [0.05, 0.1) is 13.2 Å². The highest BCUT2D eigenvalue weighted by Gasteiger charge is 2.47. The van der Waals surface area contributed by atoms with E-state index in [0.29, 0.717) is 0 Å². The molecule has 0 N–H and O–H groups in total.